The molecule has 0 fully saturated rings. The van der Waals surface area contributed by atoms with Gasteiger partial charge in [0, 0.05) is 12.2 Å². The lowest BCUT2D eigenvalue weighted by Gasteiger charge is -2.13. The van der Waals surface area contributed by atoms with Crippen molar-refractivity contribution in [1.82, 2.24) is 0 Å². The van der Waals surface area contributed by atoms with Crippen molar-refractivity contribution in [3.05, 3.63) is 41.5 Å². The van der Waals surface area contributed by atoms with E-state index in [9.17, 15) is 4.79 Å². The van der Waals surface area contributed by atoms with Crippen molar-refractivity contribution < 1.29 is 9.90 Å². The lowest BCUT2D eigenvalue weighted by Crippen LogP contribution is -2.05. The summed E-state index contributed by atoms with van der Waals surface area (Å²) in [6.07, 6.45) is 8.55. The third-order valence-corrected chi connectivity index (χ3v) is 3.29. The van der Waals surface area contributed by atoms with Crippen LogP contribution < -0.4 is 5.32 Å². The van der Waals surface area contributed by atoms with E-state index in [2.05, 4.69) is 11.4 Å². The second-order valence-corrected chi connectivity index (χ2v) is 4.67. The van der Waals surface area contributed by atoms with Crippen molar-refractivity contribution in [3.8, 4) is 0 Å². The smallest absolute Gasteiger partial charge is 0.335 e. The number of carboxylic acid groups (broad SMARTS) is 1. The van der Waals surface area contributed by atoms with Gasteiger partial charge in [0.1, 0.15) is 0 Å². The van der Waals surface area contributed by atoms with Crippen LogP contribution in [0.4, 0.5) is 5.69 Å². The van der Waals surface area contributed by atoms with Gasteiger partial charge in [0.2, 0.25) is 0 Å². The Morgan fingerprint density at radius 2 is 2.00 bits per heavy atom. The van der Waals surface area contributed by atoms with E-state index in [1.807, 2.05) is 12.1 Å². The van der Waals surface area contributed by atoms with Crippen molar-refractivity contribution in [1.29, 1.82) is 0 Å². The molecule has 0 radical (unpaired) electrons. The molecule has 0 atom stereocenters. The molecule has 0 spiro atoms. The summed E-state index contributed by atoms with van der Waals surface area (Å²) in [5, 5.41) is 12.1. The van der Waals surface area contributed by atoms with Gasteiger partial charge in [-0.25, -0.2) is 4.79 Å². The molecule has 1 aliphatic rings. The summed E-state index contributed by atoms with van der Waals surface area (Å²) < 4.78 is 0. The molecule has 0 amide bonds. The molecule has 1 aliphatic carbocycles. The highest BCUT2D eigenvalue weighted by atomic mass is 16.4. The number of anilines is 1. The Kier molecular flexibility index (Phi) is 4.40. The molecule has 0 bridgehead atoms. The molecule has 0 saturated heterocycles. The lowest BCUT2D eigenvalue weighted by molar-refractivity contribution is 0.0697. The number of hydrogen-bond donors (Lipinski definition) is 2. The Hall–Kier alpha value is -1.77. The number of carbonyl (C=O) groups is 1. The average Bonchev–Trinajstić information content (AvgIpc) is 2.40. The van der Waals surface area contributed by atoms with Crippen LogP contribution in [-0.2, 0) is 0 Å². The van der Waals surface area contributed by atoms with Gasteiger partial charge in [-0.05, 0) is 56.4 Å². The monoisotopic (exact) mass is 245 g/mol. The maximum Gasteiger partial charge on any atom is 0.335 e. The van der Waals surface area contributed by atoms with Gasteiger partial charge in [0.05, 0.1) is 5.56 Å². The van der Waals surface area contributed by atoms with E-state index in [4.69, 9.17) is 5.11 Å². The second-order valence-electron chi connectivity index (χ2n) is 4.67. The van der Waals surface area contributed by atoms with E-state index in [0.717, 1.165) is 18.7 Å². The largest absolute Gasteiger partial charge is 0.478 e. The Balaban J connectivity index is 1.79. The van der Waals surface area contributed by atoms with E-state index >= 15 is 0 Å². The maximum absolute atomic E-state index is 10.7. The van der Waals surface area contributed by atoms with Gasteiger partial charge in [-0.1, -0.05) is 11.6 Å². The molecule has 3 heteroatoms. The summed E-state index contributed by atoms with van der Waals surface area (Å²) in [5.74, 6) is -0.881. The average molecular weight is 245 g/mol. The van der Waals surface area contributed by atoms with Gasteiger partial charge in [-0.2, -0.15) is 0 Å². The minimum absolute atomic E-state index is 0.329. The topological polar surface area (TPSA) is 49.3 Å². The fraction of sp³-hybridized carbons (Fsp3) is 0.400. The van der Waals surface area contributed by atoms with Gasteiger partial charge >= 0.3 is 5.97 Å². The zero-order chi connectivity index (χ0) is 12.8. The molecule has 96 valence electrons. The fourth-order valence-corrected chi connectivity index (χ4v) is 2.23. The number of carboxylic acids is 1. The van der Waals surface area contributed by atoms with Crippen molar-refractivity contribution >= 4 is 11.7 Å². The third-order valence-electron chi connectivity index (χ3n) is 3.29. The second kappa shape index (κ2) is 6.24. The van der Waals surface area contributed by atoms with Crippen molar-refractivity contribution in [2.45, 2.75) is 32.1 Å². The summed E-state index contributed by atoms with van der Waals surface area (Å²) in [4.78, 5) is 10.7. The zero-order valence-corrected chi connectivity index (χ0v) is 10.5. The number of rotatable bonds is 5. The SMILES string of the molecule is O=C(O)c1ccc(NCCC2=CCCCC2)cc1. The first-order valence-electron chi connectivity index (χ1n) is 6.51. The fourth-order valence-electron chi connectivity index (χ4n) is 2.23. The van der Waals surface area contributed by atoms with Gasteiger partial charge in [-0.3, -0.25) is 0 Å². The van der Waals surface area contributed by atoms with Crippen LogP contribution >= 0.6 is 0 Å². The van der Waals surface area contributed by atoms with Crippen molar-refractivity contribution in [3.63, 3.8) is 0 Å². The highest BCUT2D eigenvalue weighted by Crippen LogP contribution is 2.20. The van der Waals surface area contributed by atoms with Crippen molar-refractivity contribution in [2.24, 2.45) is 0 Å². The summed E-state index contributed by atoms with van der Waals surface area (Å²) in [6.45, 7) is 0.915. The minimum Gasteiger partial charge on any atom is -0.478 e. The molecule has 3 nitrogen and oxygen atoms in total. The molecule has 2 N–H and O–H groups in total. The lowest BCUT2D eigenvalue weighted by atomic mass is 9.97. The molecule has 0 heterocycles. The maximum atomic E-state index is 10.7. The molecule has 0 unspecified atom stereocenters. The first-order valence-corrected chi connectivity index (χ1v) is 6.51. The molecule has 0 saturated carbocycles. The summed E-state index contributed by atoms with van der Waals surface area (Å²) in [6, 6.07) is 6.90. The standard InChI is InChI=1S/C15H19NO2/c17-15(18)13-6-8-14(9-7-13)16-11-10-12-4-2-1-3-5-12/h4,6-9,16H,1-3,5,10-11H2,(H,17,18). The van der Waals surface area contributed by atoms with E-state index in [0.29, 0.717) is 5.56 Å². The minimum atomic E-state index is -0.881. The predicted molar refractivity (Wildman–Crippen MR) is 73.1 cm³/mol. The molecule has 0 aliphatic heterocycles. The van der Waals surface area contributed by atoms with Crippen LogP contribution in [0.3, 0.4) is 0 Å². The summed E-state index contributed by atoms with van der Waals surface area (Å²) >= 11 is 0. The van der Waals surface area contributed by atoms with E-state index in [1.54, 1.807) is 17.7 Å². The van der Waals surface area contributed by atoms with Crippen LogP contribution in [-0.4, -0.2) is 17.6 Å². The molecule has 1 aromatic carbocycles. The molecule has 0 aromatic heterocycles. The first kappa shape index (κ1) is 12.7. The quantitative estimate of drug-likeness (QED) is 0.778. The predicted octanol–water partition coefficient (Wildman–Crippen LogP) is 3.69. The zero-order valence-electron chi connectivity index (χ0n) is 10.5. The number of nitrogens with one attached hydrogen (secondary N) is 1. The van der Waals surface area contributed by atoms with Crippen LogP contribution in [0.5, 0.6) is 0 Å². The molecular weight excluding hydrogens is 226 g/mol. The van der Waals surface area contributed by atoms with Gasteiger partial charge in [-0.15, -0.1) is 0 Å². The van der Waals surface area contributed by atoms with Crippen LogP contribution in [0.2, 0.25) is 0 Å². The van der Waals surface area contributed by atoms with Gasteiger partial charge in [0.15, 0.2) is 0 Å². The molecule has 1 aromatic rings. The van der Waals surface area contributed by atoms with Crippen LogP contribution in [0, 0.1) is 0 Å². The van der Waals surface area contributed by atoms with Crippen LogP contribution in [0.1, 0.15) is 42.5 Å². The summed E-state index contributed by atoms with van der Waals surface area (Å²) in [7, 11) is 0. The highest BCUT2D eigenvalue weighted by Gasteiger charge is 2.04. The summed E-state index contributed by atoms with van der Waals surface area (Å²) in [5.41, 5.74) is 2.86. The normalized spacial score (nSPS) is 15.0. The number of hydrogen-bond acceptors (Lipinski definition) is 2. The van der Waals surface area contributed by atoms with Crippen LogP contribution in [0.25, 0.3) is 0 Å². The molecule has 2 rings (SSSR count). The molecular formula is C15H19NO2. The van der Waals surface area contributed by atoms with Crippen molar-refractivity contribution in [2.75, 3.05) is 11.9 Å². The van der Waals surface area contributed by atoms with E-state index in [-0.39, 0.29) is 0 Å². The Labute approximate surface area is 108 Å². The third kappa shape index (κ3) is 3.62. The Morgan fingerprint density at radius 3 is 2.61 bits per heavy atom. The first-order chi connectivity index (χ1) is 8.75. The Bertz CT molecular complexity index is 434. The van der Waals surface area contributed by atoms with E-state index in [1.165, 1.54) is 25.7 Å². The molecule has 18 heavy (non-hydrogen) atoms. The van der Waals surface area contributed by atoms with Crippen LogP contribution in [0.15, 0.2) is 35.9 Å². The van der Waals surface area contributed by atoms with Gasteiger partial charge in [0.25, 0.3) is 0 Å². The number of benzene rings is 1. The number of aromatic carboxylic acids is 1. The highest BCUT2D eigenvalue weighted by molar-refractivity contribution is 5.87. The Morgan fingerprint density at radius 1 is 1.22 bits per heavy atom. The van der Waals surface area contributed by atoms with E-state index < -0.39 is 5.97 Å². The number of allylic oxidation sites excluding steroid dienone is 1. The van der Waals surface area contributed by atoms with Gasteiger partial charge < -0.3 is 10.4 Å².